The van der Waals surface area contributed by atoms with E-state index in [0.717, 1.165) is 6.07 Å². The second-order valence-corrected chi connectivity index (χ2v) is 4.56. The summed E-state index contributed by atoms with van der Waals surface area (Å²) in [6.07, 6.45) is -5.11. The molecule has 2 rings (SSSR count). The molecule has 0 aromatic carbocycles. The van der Waals surface area contributed by atoms with Crippen molar-refractivity contribution in [1.29, 1.82) is 0 Å². The van der Waals surface area contributed by atoms with E-state index in [1.807, 2.05) is 0 Å². The fraction of sp³-hybridized carbons (Fsp3) is 0.333. The highest BCUT2D eigenvalue weighted by Crippen LogP contribution is 2.35. The molecule has 0 spiro atoms. The number of pyridine rings is 2. The van der Waals surface area contributed by atoms with E-state index in [2.05, 4.69) is 4.98 Å². The third kappa shape index (κ3) is 2.25. The normalized spacial score (nSPS) is 12.4. The van der Waals surface area contributed by atoms with Crippen molar-refractivity contribution in [3.8, 4) is 11.4 Å². The van der Waals surface area contributed by atoms with Crippen LogP contribution in [0.15, 0.2) is 10.9 Å². The molecule has 0 aliphatic carbocycles. The topological polar surface area (TPSA) is 45.8 Å². The van der Waals surface area contributed by atoms with Crippen LogP contribution in [0.3, 0.4) is 0 Å². The van der Waals surface area contributed by atoms with E-state index in [1.54, 1.807) is 18.8 Å². The zero-order chi connectivity index (χ0) is 15.2. The smallest absolute Gasteiger partial charge is 0.333 e. The van der Waals surface area contributed by atoms with Gasteiger partial charge in [-0.15, -0.1) is 0 Å². The number of hydrogen-bond donors (Lipinski definition) is 1. The number of rotatable bonds is 1. The highest BCUT2D eigenvalue weighted by Gasteiger charge is 2.38. The summed E-state index contributed by atoms with van der Waals surface area (Å²) in [7, 11) is 0. The van der Waals surface area contributed by atoms with E-state index in [9.17, 15) is 26.7 Å². The largest absolute Gasteiger partial charge is 0.434 e. The SMILES string of the molecule is CC(C)c1cc2c(F)c(F)c(C(F)(F)F)[nH]c-2nc1=O. The Kier molecular flexibility index (Phi) is 3.27. The molecule has 0 saturated carbocycles. The summed E-state index contributed by atoms with van der Waals surface area (Å²) in [5, 5.41) is 0. The molecule has 0 unspecified atom stereocenters. The fourth-order valence-electron chi connectivity index (χ4n) is 1.78. The Morgan fingerprint density at radius 1 is 1.20 bits per heavy atom. The Morgan fingerprint density at radius 2 is 1.80 bits per heavy atom. The molecule has 2 heterocycles. The molecule has 0 aromatic rings. The number of aromatic nitrogens is 2. The third-order valence-corrected chi connectivity index (χ3v) is 2.81. The van der Waals surface area contributed by atoms with Crippen LogP contribution in [0.5, 0.6) is 0 Å². The van der Waals surface area contributed by atoms with Crippen molar-refractivity contribution in [3.63, 3.8) is 0 Å². The first kappa shape index (κ1) is 14.4. The van der Waals surface area contributed by atoms with Gasteiger partial charge in [-0.2, -0.15) is 18.2 Å². The molecule has 0 atom stereocenters. The Bertz CT molecular complexity index is 690. The van der Waals surface area contributed by atoms with Crippen LogP contribution in [0.2, 0.25) is 0 Å². The molecule has 0 saturated heterocycles. The van der Waals surface area contributed by atoms with E-state index in [1.165, 1.54) is 0 Å². The predicted octanol–water partition coefficient (Wildman–Crippen LogP) is 3.30. The van der Waals surface area contributed by atoms with Gasteiger partial charge in [0.25, 0.3) is 5.56 Å². The Labute approximate surface area is 109 Å². The Balaban J connectivity index is 2.85. The van der Waals surface area contributed by atoms with Crippen molar-refractivity contribution in [3.05, 3.63) is 39.3 Å². The lowest BCUT2D eigenvalue weighted by molar-refractivity contribution is -0.144. The van der Waals surface area contributed by atoms with Gasteiger partial charge in [-0.25, -0.2) is 8.78 Å². The zero-order valence-electron chi connectivity index (χ0n) is 10.4. The minimum Gasteiger partial charge on any atom is -0.333 e. The van der Waals surface area contributed by atoms with Gasteiger partial charge in [0, 0.05) is 5.56 Å². The second-order valence-electron chi connectivity index (χ2n) is 4.56. The molecule has 0 aromatic heterocycles. The lowest BCUT2D eigenvalue weighted by Gasteiger charge is -2.15. The van der Waals surface area contributed by atoms with Gasteiger partial charge in [-0.1, -0.05) is 13.8 Å². The van der Waals surface area contributed by atoms with Crippen LogP contribution in [-0.2, 0) is 6.18 Å². The Morgan fingerprint density at radius 3 is 2.30 bits per heavy atom. The van der Waals surface area contributed by atoms with Crippen molar-refractivity contribution >= 4 is 0 Å². The van der Waals surface area contributed by atoms with E-state index >= 15 is 0 Å². The standard InChI is InChI=1S/C12H9F5N2O/c1-4(2)5-3-6-7(13)8(14)9(12(15,16)17)18-10(6)19-11(5)20/h3-4H,1-2H3,(H,18,19,20). The van der Waals surface area contributed by atoms with Crippen molar-refractivity contribution < 1.29 is 22.0 Å². The maximum Gasteiger partial charge on any atom is 0.434 e. The van der Waals surface area contributed by atoms with Crippen LogP contribution < -0.4 is 5.56 Å². The van der Waals surface area contributed by atoms with Gasteiger partial charge in [-0.3, -0.25) is 4.79 Å². The summed E-state index contributed by atoms with van der Waals surface area (Å²) in [6, 6.07) is 1.02. The fourth-order valence-corrected chi connectivity index (χ4v) is 1.78. The number of hydrogen-bond acceptors (Lipinski definition) is 2. The first-order chi connectivity index (χ1) is 9.12. The van der Waals surface area contributed by atoms with Crippen LogP contribution in [-0.4, -0.2) is 9.97 Å². The van der Waals surface area contributed by atoms with Crippen LogP contribution in [0, 0.1) is 11.6 Å². The van der Waals surface area contributed by atoms with E-state index < -0.39 is 40.5 Å². The molecule has 8 heteroatoms. The van der Waals surface area contributed by atoms with Gasteiger partial charge >= 0.3 is 6.18 Å². The van der Waals surface area contributed by atoms with Gasteiger partial charge in [0.15, 0.2) is 17.3 Å². The van der Waals surface area contributed by atoms with Gasteiger partial charge in [0.05, 0.1) is 5.56 Å². The Hall–Kier alpha value is -1.99. The summed E-state index contributed by atoms with van der Waals surface area (Å²) in [5.74, 6) is -4.67. The van der Waals surface area contributed by atoms with Gasteiger partial charge in [0.2, 0.25) is 0 Å². The number of aromatic amines is 1. The first-order valence-corrected chi connectivity index (χ1v) is 5.62. The van der Waals surface area contributed by atoms with Crippen molar-refractivity contribution in [1.82, 2.24) is 9.97 Å². The van der Waals surface area contributed by atoms with Gasteiger partial charge in [0.1, 0.15) is 5.82 Å². The van der Waals surface area contributed by atoms with Crippen LogP contribution in [0.4, 0.5) is 22.0 Å². The molecule has 0 amide bonds. The van der Waals surface area contributed by atoms with Crippen LogP contribution in [0.1, 0.15) is 31.0 Å². The molecule has 108 valence electrons. The number of fused-ring (bicyclic) bond motifs is 1. The number of halogens is 5. The van der Waals surface area contributed by atoms with E-state index in [0.29, 0.717) is 0 Å². The monoisotopic (exact) mass is 292 g/mol. The average Bonchev–Trinajstić information content (AvgIpc) is 2.31. The minimum atomic E-state index is -5.11. The summed E-state index contributed by atoms with van der Waals surface area (Å²) in [4.78, 5) is 16.6. The summed E-state index contributed by atoms with van der Waals surface area (Å²) < 4.78 is 64.7. The lowest BCUT2D eigenvalue weighted by atomic mass is 10.0. The number of nitrogens with zero attached hydrogens (tertiary/aromatic N) is 1. The van der Waals surface area contributed by atoms with Crippen LogP contribution in [0.25, 0.3) is 11.4 Å². The number of alkyl halides is 3. The maximum atomic E-state index is 13.7. The number of H-pyrrole nitrogens is 1. The predicted molar refractivity (Wildman–Crippen MR) is 60.5 cm³/mol. The molecule has 0 radical (unpaired) electrons. The molecular weight excluding hydrogens is 283 g/mol. The summed E-state index contributed by atoms with van der Waals surface area (Å²) in [6.45, 7) is 3.26. The third-order valence-electron chi connectivity index (χ3n) is 2.81. The molecule has 2 aliphatic heterocycles. The number of nitrogens with one attached hydrogen (secondary N) is 1. The van der Waals surface area contributed by atoms with Gasteiger partial charge in [-0.05, 0) is 12.0 Å². The minimum absolute atomic E-state index is 0.101. The molecule has 0 fully saturated rings. The first-order valence-electron chi connectivity index (χ1n) is 5.62. The molecule has 0 bridgehead atoms. The quantitative estimate of drug-likeness (QED) is 0.820. The molecule has 2 aliphatic rings. The molecule has 3 nitrogen and oxygen atoms in total. The maximum absolute atomic E-state index is 13.7. The van der Waals surface area contributed by atoms with Crippen LogP contribution >= 0.6 is 0 Å². The van der Waals surface area contributed by atoms with Gasteiger partial charge < -0.3 is 4.98 Å². The molecular formula is C12H9F5N2O. The molecule has 20 heavy (non-hydrogen) atoms. The van der Waals surface area contributed by atoms with Crippen molar-refractivity contribution in [2.75, 3.05) is 0 Å². The summed E-state index contributed by atoms with van der Waals surface area (Å²) in [5.41, 5.74) is -3.06. The second kappa shape index (κ2) is 4.53. The highest BCUT2D eigenvalue weighted by atomic mass is 19.4. The van der Waals surface area contributed by atoms with Crippen molar-refractivity contribution in [2.45, 2.75) is 25.9 Å². The van der Waals surface area contributed by atoms with Crippen molar-refractivity contribution in [2.24, 2.45) is 0 Å². The average molecular weight is 292 g/mol. The summed E-state index contributed by atoms with van der Waals surface area (Å²) >= 11 is 0. The zero-order valence-corrected chi connectivity index (χ0v) is 10.4. The van der Waals surface area contributed by atoms with E-state index in [-0.39, 0.29) is 11.5 Å². The lowest BCUT2D eigenvalue weighted by Crippen LogP contribution is -2.20. The molecule has 1 N–H and O–H groups in total. The van der Waals surface area contributed by atoms with E-state index in [4.69, 9.17) is 0 Å². The highest BCUT2D eigenvalue weighted by molar-refractivity contribution is 5.59.